The van der Waals surface area contributed by atoms with Crippen LogP contribution in [0.1, 0.15) is 25.2 Å². The molecule has 0 aliphatic heterocycles. The van der Waals surface area contributed by atoms with E-state index in [-0.39, 0.29) is 30.8 Å². The van der Waals surface area contributed by atoms with Crippen molar-refractivity contribution in [1.29, 1.82) is 0 Å². The van der Waals surface area contributed by atoms with Crippen LogP contribution in [0.5, 0.6) is 5.75 Å². The first-order valence-corrected chi connectivity index (χ1v) is 6.18. The number of ether oxygens (including phenoxy) is 1. The molecule has 106 valence electrons. The van der Waals surface area contributed by atoms with E-state index < -0.39 is 0 Å². The van der Waals surface area contributed by atoms with Gasteiger partial charge >= 0.3 is 0 Å². The lowest BCUT2D eigenvalue weighted by Crippen LogP contribution is -2.28. The minimum Gasteiger partial charge on any atom is -0.493 e. The summed E-state index contributed by atoms with van der Waals surface area (Å²) in [7, 11) is 0. The van der Waals surface area contributed by atoms with E-state index in [2.05, 4.69) is 20.5 Å². The van der Waals surface area contributed by atoms with Crippen molar-refractivity contribution in [1.82, 2.24) is 20.5 Å². The number of H-pyrrole nitrogens is 1. The van der Waals surface area contributed by atoms with Gasteiger partial charge in [0.2, 0.25) is 5.91 Å². The monoisotopic (exact) mass is 278 g/mol. The topological polar surface area (TPSA) is 79.9 Å². The average molecular weight is 278 g/mol. The second kappa shape index (κ2) is 6.65. The summed E-state index contributed by atoms with van der Waals surface area (Å²) >= 11 is 0. The Morgan fingerprint density at radius 3 is 2.85 bits per heavy atom. The summed E-state index contributed by atoms with van der Waals surface area (Å²) in [5.41, 5.74) is 0. The molecule has 6 nitrogen and oxygen atoms in total. The van der Waals surface area contributed by atoms with E-state index in [9.17, 15) is 9.18 Å². The van der Waals surface area contributed by atoms with Crippen molar-refractivity contribution in [2.75, 3.05) is 6.61 Å². The fraction of sp³-hybridized carbons (Fsp3) is 0.308. The summed E-state index contributed by atoms with van der Waals surface area (Å²) in [6, 6.07) is 5.41. The Labute approximate surface area is 115 Å². The molecule has 0 bridgehead atoms. The Kier molecular flexibility index (Phi) is 4.65. The molecule has 0 aliphatic carbocycles. The first-order chi connectivity index (χ1) is 9.65. The fourth-order valence-electron chi connectivity index (χ4n) is 1.60. The van der Waals surface area contributed by atoms with Crippen LogP contribution in [0.25, 0.3) is 0 Å². The van der Waals surface area contributed by atoms with E-state index in [0.29, 0.717) is 11.6 Å². The molecule has 2 aromatic rings. The predicted molar refractivity (Wildman–Crippen MR) is 69.5 cm³/mol. The Bertz CT molecular complexity index is 542. The maximum absolute atomic E-state index is 12.7. The lowest BCUT2D eigenvalue weighted by molar-refractivity contribution is -0.122. The van der Waals surface area contributed by atoms with Crippen LogP contribution in [0, 0.1) is 5.82 Å². The van der Waals surface area contributed by atoms with Crippen LogP contribution in [0.2, 0.25) is 0 Å². The molecule has 1 heterocycles. The van der Waals surface area contributed by atoms with Gasteiger partial charge in [0, 0.05) is 0 Å². The van der Waals surface area contributed by atoms with Gasteiger partial charge in [-0.2, -0.15) is 5.10 Å². The van der Waals surface area contributed by atoms with Gasteiger partial charge in [-0.3, -0.25) is 9.89 Å². The van der Waals surface area contributed by atoms with E-state index in [1.54, 1.807) is 6.92 Å². The van der Waals surface area contributed by atoms with Crippen LogP contribution in [-0.4, -0.2) is 27.7 Å². The highest BCUT2D eigenvalue weighted by atomic mass is 19.1. The number of aromatic nitrogens is 3. The van der Waals surface area contributed by atoms with Crippen molar-refractivity contribution >= 4 is 5.91 Å². The van der Waals surface area contributed by atoms with Crippen molar-refractivity contribution in [3.05, 3.63) is 42.2 Å². The normalized spacial score (nSPS) is 11.9. The quantitative estimate of drug-likeness (QED) is 0.841. The Morgan fingerprint density at radius 2 is 2.20 bits per heavy atom. The molecule has 0 saturated heterocycles. The van der Waals surface area contributed by atoms with Crippen LogP contribution in [0.3, 0.4) is 0 Å². The lowest BCUT2D eigenvalue weighted by atomic mass is 10.3. The van der Waals surface area contributed by atoms with Crippen LogP contribution in [-0.2, 0) is 4.79 Å². The molecule has 20 heavy (non-hydrogen) atoms. The second-order valence-electron chi connectivity index (χ2n) is 4.21. The van der Waals surface area contributed by atoms with Crippen molar-refractivity contribution < 1.29 is 13.9 Å². The van der Waals surface area contributed by atoms with Gasteiger partial charge in [-0.1, -0.05) is 0 Å². The van der Waals surface area contributed by atoms with E-state index in [4.69, 9.17) is 4.74 Å². The highest BCUT2D eigenvalue weighted by molar-refractivity contribution is 5.76. The van der Waals surface area contributed by atoms with E-state index >= 15 is 0 Å². The molecule has 2 N–H and O–H groups in total. The highest BCUT2D eigenvalue weighted by Gasteiger charge is 2.11. The Balaban J connectivity index is 1.71. The number of amides is 1. The number of rotatable bonds is 6. The number of aromatic amines is 1. The zero-order chi connectivity index (χ0) is 14.4. The molecule has 7 heteroatoms. The van der Waals surface area contributed by atoms with Crippen molar-refractivity contribution in [3.8, 4) is 5.75 Å². The molecule has 1 aromatic carbocycles. The molecule has 0 saturated carbocycles. The minimum atomic E-state index is -0.323. The third kappa shape index (κ3) is 4.04. The van der Waals surface area contributed by atoms with Crippen molar-refractivity contribution in [2.45, 2.75) is 19.4 Å². The number of carbonyl (C=O) groups is 1. The predicted octanol–water partition coefficient (Wildman–Crippen LogP) is 1.59. The molecular formula is C13H15FN4O2. The summed E-state index contributed by atoms with van der Waals surface area (Å²) in [5.74, 6) is 0.646. The highest BCUT2D eigenvalue weighted by Crippen LogP contribution is 2.11. The number of hydrogen-bond donors (Lipinski definition) is 2. The first kappa shape index (κ1) is 14.0. The van der Waals surface area contributed by atoms with Crippen LogP contribution < -0.4 is 10.1 Å². The van der Waals surface area contributed by atoms with Gasteiger partial charge in [-0.25, -0.2) is 9.37 Å². The molecule has 1 amide bonds. The number of benzene rings is 1. The van der Waals surface area contributed by atoms with Crippen LogP contribution in [0.4, 0.5) is 4.39 Å². The Hall–Kier alpha value is -2.44. The zero-order valence-electron chi connectivity index (χ0n) is 11.0. The summed E-state index contributed by atoms with van der Waals surface area (Å²) in [5, 5.41) is 9.17. The van der Waals surface area contributed by atoms with Crippen LogP contribution in [0.15, 0.2) is 30.6 Å². The third-order valence-corrected chi connectivity index (χ3v) is 2.63. The first-order valence-electron chi connectivity index (χ1n) is 6.18. The summed E-state index contributed by atoms with van der Waals surface area (Å²) < 4.78 is 18.0. The number of hydrogen-bond acceptors (Lipinski definition) is 4. The Morgan fingerprint density at radius 1 is 1.45 bits per heavy atom. The molecule has 0 fully saturated rings. The van der Waals surface area contributed by atoms with Crippen LogP contribution >= 0.6 is 0 Å². The SMILES string of the molecule is CC(NC(=O)CCOc1ccc(F)cc1)c1ncn[nH]1. The lowest BCUT2D eigenvalue weighted by Gasteiger charge is -2.11. The van der Waals surface area contributed by atoms with Gasteiger partial charge in [0.15, 0.2) is 0 Å². The van der Waals surface area contributed by atoms with Crippen molar-refractivity contribution in [2.24, 2.45) is 0 Å². The molecule has 0 radical (unpaired) electrons. The van der Waals surface area contributed by atoms with Gasteiger partial charge in [0.1, 0.15) is 23.7 Å². The zero-order valence-corrected chi connectivity index (χ0v) is 11.0. The smallest absolute Gasteiger partial charge is 0.224 e. The standard InChI is InChI=1S/C13H15FN4O2/c1-9(13-15-8-16-18-13)17-12(19)6-7-20-11-4-2-10(14)3-5-11/h2-5,8-9H,6-7H2,1H3,(H,17,19)(H,15,16,18). The number of halogens is 1. The maximum Gasteiger partial charge on any atom is 0.224 e. The summed E-state index contributed by atoms with van der Waals surface area (Å²) in [4.78, 5) is 15.6. The van der Waals surface area contributed by atoms with E-state index in [1.807, 2.05) is 0 Å². The van der Waals surface area contributed by atoms with E-state index in [1.165, 1.54) is 30.6 Å². The molecule has 1 atom stereocenters. The number of carbonyl (C=O) groups excluding carboxylic acids is 1. The molecular weight excluding hydrogens is 263 g/mol. The molecule has 1 aromatic heterocycles. The fourth-order valence-corrected chi connectivity index (χ4v) is 1.60. The molecule has 0 spiro atoms. The van der Waals surface area contributed by atoms with E-state index in [0.717, 1.165) is 0 Å². The number of nitrogens with one attached hydrogen (secondary N) is 2. The molecule has 2 rings (SSSR count). The summed E-state index contributed by atoms with van der Waals surface area (Å²) in [6.07, 6.45) is 1.59. The largest absolute Gasteiger partial charge is 0.493 e. The average Bonchev–Trinajstić information content (AvgIpc) is 2.95. The molecule has 0 aliphatic rings. The van der Waals surface area contributed by atoms with Gasteiger partial charge in [0.05, 0.1) is 19.1 Å². The van der Waals surface area contributed by atoms with Gasteiger partial charge < -0.3 is 10.1 Å². The van der Waals surface area contributed by atoms with Crippen molar-refractivity contribution in [3.63, 3.8) is 0 Å². The summed E-state index contributed by atoms with van der Waals surface area (Å²) in [6.45, 7) is 2.03. The van der Waals surface area contributed by atoms with Gasteiger partial charge in [0.25, 0.3) is 0 Å². The minimum absolute atomic E-state index is 0.156. The number of nitrogens with zero attached hydrogens (tertiary/aromatic N) is 2. The van der Waals surface area contributed by atoms with Gasteiger partial charge in [-0.15, -0.1) is 0 Å². The van der Waals surface area contributed by atoms with Gasteiger partial charge in [-0.05, 0) is 31.2 Å². The second-order valence-corrected chi connectivity index (χ2v) is 4.21. The maximum atomic E-state index is 12.7. The molecule has 1 unspecified atom stereocenters. The third-order valence-electron chi connectivity index (χ3n) is 2.63.